The fourth-order valence-electron chi connectivity index (χ4n) is 3.50. The largest absolute Gasteiger partial charge is 0.390 e. The normalized spacial score (nSPS) is 45.1. The van der Waals surface area contributed by atoms with Gasteiger partial charge in [0.25, 0.3) is 0 Å². The Morgan fingerprint density at radius 1 is 1.25 bits per heavy atom. The van der Waals surface area contributed by atoms with E-state index in [2.05, 4.69) is 6.92 Å². The van der Waals surface area contributed by atoms with Gasteiger partial charge < -0.3 is 5.11 Å². The summed E-state index contributed by atoms with van der Waals surface area (Å²) in [4.78, 5) is 0. The third kappa shape index (κ3) is 2.28. The molecule has 0 radical (unpaired) electrons. The Morgan fingerprint density at radius 2 is 1.88 bits per heavy atom. The Hall–Kier alpha value is -0.0900. The SMILES string of the molecule is CC1CC(O)(C2CCCC(S(C)(=O)=O)C2)C1. The van der Waals surface area contributed by atoms with Crippen molar-refractivity contribution in [2.75, 3.05) is 6.26 Å². The zero-order chi connectivity index (χ0) is 12.0. The van der Waals surface area contributed by atoms with Crippen molar-refractivity contribution in [2.24, 2.45) is 11.8 Å². The molecule has 2 aliphatic rings. The second kappa shape index (κ2) is 3.98. The van der Waals surface area contributed by atoms with E-state index in [9.17, 15) is 13.5 Å². The maximum absolute atomic E-state index is 11.5. The van der Waals surface area contributed by atoms with Crippen molar-refractivity contribution in [3.63, 3.8) is 0 Å². The Bertz CT molecular complexity index is 354. The van der Waals surface area contributed by atoms with Crippen LogP contribution in [-0.2, 0) is 9.84 Å². The highest BCUT2D eigenvalue weighted by atomic mass is 32.2. The van der Waals surface area contributed by atoms with E-state index in [-0.39, 0.29) is 11.2 Å². The molecule has 16 heavy (non-hydrogen) atoms. The van der Waals surface area contributed by atoms with Crippen LogP contribution in [0.2, 0.25) is 0 Å². The molecule has 1 N–H and O–H groups in total. The highest BCUT2D eigenvalue weighted by Crippen LogP contribution is 2.48. The molecule has 2 saturated carbocycles. The van der Waals surface area contributed by atoms with Crippen molar-refractivity contribution in [3.05, 3.63) is 0 Å². The van der Waals surface area contributed by atoms with Gasteiger partial charge in [0.05, 0.1) is 10.9 Å². The lowest BCUT2D eigenvalue weighted by molar-refractivity contribution is -0.121. The monoisotopic (exact) mass is 246 g/mol. The molecule has 2 aliphatic carbocycles. The van der Waals surface area contributed by atoms with Crippen LogP contribution in [0.1, 0.15) is 45.4 Å². The maximum Gasteiger partial charge on any atom is 0.150 e. The van der Waals surface area contributed by atoms with Crippen LogP contribution in [0, 0.1) is 11.8 Å². The van der Waals surface area contributed by atoms with Crippen molar-refractivity contribution in [3.8, 4) is 0 Å². The minimum absolute atomic E-state index is 0.206. The summed E-state index contributed by atoms with van der Waals surface area (Å²) in [5, 5.41) is 10.2. The smallest absolute Gasteiger partial charge is 0.150 e. The molecule has 2 atom stereocenters. The molecule has 4 heteroatoms. The van der Waals surface area contributed by atoms with E-state index >= 15 is 0 Å². The second-order valence-corrected chi connectivity index (χ2v) is 8.26. The van der Waals surface area contributed by atoms with Crippen LogP contribution < -0.4 is 0 Å². The summed E-state index contributed by atoms with van der Waals surface area (Å²) in [6.45, 7) is 2.14. The second-order valence-electron chi connectivity index (χ2n) is 5.93. The average molecular weight is 246 g/mol. The fourth-order valence-corrected chi connectivity index (χ4v) is 4.68. The summed E-state index contributed by atoms with van der Waals surface area (Å²) >= 11 is 0. The number of rotatable bonds is 2. The van der Waals surface area contributed by atoms with Gasteiger partial charge in [-0.1, -0.05) is 13.3 Å². The third-order valence-corrected chi connectivity index (χ3v) is 6.03. The first-order chi connectivity index (χ1) is 7.31. The van der Waals surface area contributed by atoms with E-state index in [1.165, 1.54) is 6.26 Å². The van der Waals surface area contributed by atoms with Gasteiger partial charge in [-0.05, 0) is 43.9 Å². The standard InChI is InChI=1S/C12H22O3S/c1-9-7-12(13,8-9)10-4-3-5-11(6-10)16(2,14)15/h9-11,13H,3-8H2,1-2H3. The summed E-state index contributed by atoms with van der Waals surface area (Å²) in [7, 11) is -2.93. The average Bonchev–Trinajstić information content (AvgIpc) is 2.14. The number of aliphatic hydroxyl groups is 1. The molecule has 0 aromatic rings. The molecule has 94 valence electrons. The molecule has 0 aromatic heterocycles. The molecule has 0 amide bonds. The lowest BCUT2D eigenvalue weighted by Crippen LogP contribution is -2.51. The van der Waals surface area contributed by atoms with Crippen molar-refractivity contribution in [2.45, 2.75) is 56.3 Å². The molecule has 2 fully saturated rings. The topological polar surface area (TPSA) is 54.4 Å². The van der Waals surface area contributed by atoms with Crippen LogP contribution >= 0.6 is 0 Å². The number of hydrogen-bond donors (Lipinski definition) is 1. The fraction of sp³-hybridized carbons (Fsp3) is 1.00. The third-order valence-electron chi connectivity index (χ3n) is 4.40. The highest BCUT2D eigenvalue weighted by Gasteiger charge is 2.48. The van der Waals surface area contributed by atoms with E-state index in [1.54, 1.807) is 0 Å². The predicted octanol–water partition coefficient (Wildman–Crippen LogP) is 1.75. The summed E-state index contributed by atoms with van der Waals surface area (Å²) < 4.78 is 23.1. The minimum Gasteiger partial charge on any atom is -0.390 e. The van der Waals surface area contributed by atoms with Crippen molar-refractivity contribution in [1.82, 2.24) is 0 Å². The molecule has 0 bridgehead atoms. The van der Waals surface area contributed by atoms with Gasteiger partial charge >= 0.3 is 0 Å². The Labute approximate surface area is 98.2 Å². The van der Waals surface area contributed by atoms with E-state index in [4.69, 9.17) is 0 Å². The van der Waals surface area contributed by atoms with Gasteiger partial charge in [-0.2, -0.15) is 0 Å². The van der Waals surface area contributed by atoms with Crippen LogP contribution in [0.15, 0.2) is 0 Å². The van der Waals surface area contributed by atoms with Gasteiger partial charge in [-0.25, -0.2) is 8.42 Å². The van der Waals surface area contributed by atoms with Crippen molar-refractivity contribution < 1.29 is 13.5 Å². The predicted molar refractivity (Wildman–Crippen MR) is 63.9 cm³/mol. The lowest BCUT2D eigenvalue weighted by atomic mass is 9.62. The molecule has 0 heterocycles. The van der Waals surface area contributed by atoms with Crippen molar-refractivity contribution >= 4 is 9.84 Å². The maximum atomic E-state index is 11.5. The van der Waals surface area contributed by atoms with E-state index < -0.39 is 15.4 Å². The lowest BCUT2D eigenvalue weighted by Gasteiger charge is -2.49. The molecule has 2 unspecified atom stereocenters. The van der Waals surface area contributed by atoms with Gasteiger partial charge in [-0.3, -0.25) is 0 Å². The highest BCUT2D eigenvalue weighted by molar-refractivity contribution is 7.91. The molecule has 0 saturated heterocycles. The first kappa shape index (κ1) is 12.4. The van der Waals surface area contributed by atoms with Gasteiger partial charge in [0.1, 0.15) is 9.84 Å². The molecular formula is C12H22O3S. The number of sulfone groups is 1. The van der Waals surface area contributed by atoms with Crippen LogP contribution in [0.3, 0.4) is 0 Å². The van der Waals surface area contributed by atoms with Crippen molar-refractivity contribution in [1.29, 1.82) is 0 Å². The van der Waals surface area contributed by atoms with Crippen LogP contribution in [0.5, 0.6) is 0 Å². The Kier molecular flexibility index (Phi) is 3.08. The van der Waals surface area contributed by atoms with E-state index in [0.29, 0.717) is 12.3 Å². The molecule has 0 aromatic carbocycles. The Balaban J connectivity index is 2.03. The quantitative estimate of drug-likeness (QED) is 0.807. The minimum atomic E-state index is -2.93. The number of hydrogen-bond acceptors (Lipinski definition) is 3. The van der Waals surface area contributed by atoms with Gasteiger partial charge in [0.2, 0.25) is 0 Å². The molecular weight excluding hydrogens is 224 g/mol. The summed E-state index contributed by atoms with van der Waals surface area (Å²) in [5.41, 5.74) is -0.553. The van der Waals surface area contributed by atoms with Crippen LogP contribution in [0.25, 0.3) is 0 Å². The molecule has 0 spiro atoms. The van der Waals surface area contributed by atoms with Crippen LogP contribution in [-0.4, -0.2) is 30.6 Å². The van der Waals surface area contributed by atoms with E-state index in [0.717, 1.165) is 32.1 Å². The first-order valence-electron chi connectivity index (χ1n) is 6.22. The summed E-state index contributed by atoms with van der Waals surface area (Å²) in [5.74, 6) is 0.806. The molecule has 3 nitrogen and oxygen atoms in total. The van der Waals surface area contributed by atoms with Gasteiger partial charge in [0, 0.05) is 6.26 Å². The molecule has 2 rings (SSSR count). The van der Waals surface area contributed by atoms with Crippen LogP contribution in [0.4, 0.5) is 0 Å². The Morgan fingerprint density at radius 3 is 2.38 bits per heavy atom. The van der Waals surface area contributed by atoms with Gasteiger partial charge in [0.15, 0.2) is 0 Å². The zero-order valence-electron chi connectivity index (χ0n) is 10.1. The first-order valence-corrected chi connectivity index (χ1v) is 8.18. The summed E-state index contributed by atoms with van der Waals surface area (Å²) in [6, 6.07) is 0. The molecule has 0 aliphatic heterocycles. The summed E-state index contributed by atoms with van der Waals surface area (Å²) in [6.07, 6.45) is 6.42. The zero-order valence-corrected chi connectivity index (χ0v) is 11.0. The van der Waals surface area contributed by atoms with Gasteiger partial charge in [-0.15, -0.1) is 0 Å². The van der Waals surface area contributed by atoms with E-state index in [1.807, 2.05) is 0 Å².